The second-order valence-corrected chi connectivity index (χ2v) is 6.39. The average Bonchev–Trinajstić information content (AvgIpc) is 2.78. The van der Waals surface area contributed by atoms with Crippen LogP contribution in [0.1, 0.15) is 58.8 Å². The summed E-state index contributed by atoms with van der Waals surface area (Å²) in [6, 6.07) is 1.73. The van der Waals surface area contributed by atoms with Gasteiger partial charge >= 0.3 is 0 Å². The topological polar surface area (TPSA) is 29.3 Å². The molecule has 0 amide bonds. The van der Waals surface area contributed by atoms with Crippen LogP contribution < -0.4 is 5.73 Å². The van der Waals surface area contributed by atoms with Crippen molar-refractivity contribution in [1.29, 1.82) is 0 Å². The molecule has 4 atom stereocenters. The van der Waals surface area contributed by atoms with Crippen LogP contribution in [0.15, 0.2) is 0 Å². The van der Waals surface area contributed by atoms with Gasteiger partial charge in [0, 0.05) is 12.1 Å². The molecule has 1 saturated heterocycles. The Labute approximate surface area is 107 Å². The van der Waals surface area contributed by atoms with Gasteiger partial charge in [-0.2, -0.15) is 0 Å². The number of hydrogen-bond donors (Lipinski definition) is 1. The summed E-state index contributed by atoms with van der Waals surface area (Å²) >= 11 is 0. The van der Waals surface area contributed by atoms with E-state index in [0.29, 0.717) is 0 Å². The Bertz CT molecular complexity index is 229. The fourth-order valence-electron chi connectivity index (χ4n) is 3.82. The van der Waals surface area contributed by atoms with Crippen LogP contribution in [0, 0.1) is 11.8 Å². The van der Waals surface area contributed by atoms with Gasteiger partial charge in [0.15, 0.2) is 0 Å². The van der Waals surface area contributed by atoms with Crippen LogP contribution in [0.5, 0.6) is 0 Å². The van der Waals surface area contributed by atoms with E-state index in [1.54, 1.807) is 0 Å². The van der Waals surface area contributed by atoms with E-state index in [4.69, 9.17) is 5.73 Å². The van der Waals surface area contributed by atoms with Crippen molar-refractivity contribution in [2.75, 3.05) is 13.1 Å². The van der Waals surface area contributed by atoms with Crippen molar-refractivity contribution in [3.8, 4) is 0 Å². The third-order valence-electron chi connectivity index (χ3n) is 5.20. The minimum Gasteiger partial charge on any atom is -0.330 e. The minimum absolute atomic E-state index is 0.851. The summed E-state index contributed by atoms with van der Waals surface area (Å²) in [6.45, 7) is 7.09. The summed E-state index contributed by atoms with van der Waals surface area (Å²) in [7, 11) is 0. The highest BCUT2D eigenvalue weighted by molar-refractivity contribution is 4.89. The largest absolute Gasteiger partial charge is 0.330 e. The molecule has 0 aromatic rings. The predicted octanol–water partition coefficient (Wildman–Crippen LogP) is 3.01. The van der Waals surface area contributed by atoms with E-state index in [1.807, 2.05) is 0 Å². The van der Waals surface area contributed by atoms with Crippen molar-refractivity contribution in [2.45, 2.75) is 70.9 Å². The number of rotatable bonds is 4. The lowest BCUT2D eigenvalue weighted by molar-refractivity contribution is 0.0946. The van der Waals surface area contributed by atoms with Gasteiger partial charge in [-0.15, -0.1) is 0 Å². The maximum absolute atomic E-state index is 5.65. The van der Waals surface area contributed by atoms with Gasteiger partial charge in [-0.25, -0.2) is 0 Å². The van der Waals surface area contributed by atoms with Crippen LogP contribution in [-0.2, 0) is 0 Å². The van der Waals surface area contributed by atoms with Crippen LogP contribution in [-0.4, -0.2) is 30.1 Å². The molecule has 2 aliphatic rings. The lowest BCUT2D eigenvalue weighted by Crippen LogP contribution is -2.43. The molecule has 2 N–H and O–H groups in total. The van der Waals surface area contributed by atoms with E-state index in [9.17, 15) is 0 Å². The second-order valence-electron chi connectivity index (χ2n) is 6.39. The molecular weight excluding hydrogens is 208 g/mol. The molecule has 1 heterocycles. The molecule has 0 bridgehead atoms. The molecule has 1 aliphatic heterocycles. The molecule has 0 radical (unpaired) electrons. The van der Waals surface area contributed by atoms with Gasteiger partial charge in [0.1, 0.15) is 0 Å². The number of nitrogens with two attached hydrogens (primary N) is 1. The van der Waals surface area contributed by atoms with E-state index in [0.717, 1.165) is 30.5 Å². The third kappa shape index (κ3) is 3.23. The predicted molar refractivity (Wildman–Crippen MR) is 74.0 cm³/mol. The molecule has 1 saturated carbocycles. The molecule has 2 heteroatoms. The van der Waals surface area contributed by atoms with Crippen LogP contribution in [0.3, 0.4) is 0 Å². The normalized spacial score (nSPS) is 39.7. The monoisotopic (exact) mass is 238 g/mol. The van der Waals surface area contributed by atoms with Gasteiger partial charge < -0.3 is 5.73 Å². The highest BCUT2D eigenvalue weighted by atomic mass is 15.2. The molecule has 0 aromatic heterocycles. The van der Waals surface area contributed by atoms with E-state index in [2.05, 4.69) is 18.7 Å². The molecule has 17 heavy (non-hydrogen) atoms. The molecule has 1 aliphatic carbocycles. The van der Waals surface area contributed by atoms with E-state index < -0.39 is 0 Å². The second kappa shape index (κ2) is 6.19. The van der Waals surface area contributed by atoms with Gasteiger partial charge in [0.2, 0.25) is 0 Å². The Kier molecular flexibility index (Phi) is 4.87. The molecule has 2 rings (SSSR count). The van der Waals surface area contributed by atoms with E-state index in [1.165, 1.54) is 51.5 Å². The maximum Gasteiger partial charge on any atom is 0.0101 e. The first kappa shape index (κ1) is 13.4. The summed E-state index contributed by atoms with van der Waals surface area (Å²) in [4.78, 5) is 2.83. The molecule has 0 spiro atoms. The Balaban J connectivity index is 1.87. The first-order valence-corrected chi connectivity index (χ1v) is 7.68. The zero-order valence-corrected chi connectivity index (χ0v) is 11.7. The van der Waals surface area contributed by atoms with Crippen LogP contribution in [0.4, 0.5) is 0 Å². The fraction of sp³-hybridized carbons (Fsp3) is 1.00. The van der Waals surface area contributed by atoms with E-state index >= 15 is 0 Å². The number of hydrogen-bond acceptors (Lipinski definition) is 2. The SMILES string of the molecule is CC1CCC(N2CCCC2CCCN)CC1C. The van der Waals surface area contributed by atoms with Gasteiger partial charge in [-0.05, 0) is 69.9 Å². The summed E-state index contributed by atoms with van der Waals surface area (Å²) in [5.74, 6) is 1.86. The van der Waals surface area contributed by atoms with E-state index in [-0.39, 0.29) is 0 Å². The van der Waals surface area contributed by atoms with Gasteiger partial charge in [0.25, 0.3) is 0 Å². The minimum atomic E-state index is 0.851. The highest BCUT2D eigenvalue weighted by Gasteiger charge is 2.34. The van der Waals surface area contributed by atoms with Crippen molar-refractivity contribution >= 4 is 0 Å². The summed E-state index contributed by atoms with van der Waals surface area (Å²) < 4.78 is 0. The first-order chi connectivity index (χ1) is 8.22. The highest BCUT2D eigenvalue weighted by Crippen LogP contribution is 2.35. The Morgan fingerprint density at radius 3 is 2.65 bits per heavy atom. The van der Waals surface area contributed by atoms with Crippen molar-refractivity contribution in [3.05, 3.63) is 0 Å². The fourth-order valence-corrected chi connectivity index (χ4v) is 3.82. The molecule has 2 nitrogen and oxygen atoms in total. The van der Waals surface area contributed by atoms with Crippen LogP contribution in [0.2, 0.25) is 0 Å². The number of nitrogens with zero attached hydrogens (tertiary/aromatic N) is 1. The van der Waals surface area contributed by atoms with Crippen molar-refractivity contribution < 1.29 is 0 Å². The average molecular weight is 238 g/mol. The number of likely N-dealkylation sites (tertiary alicyclic amines) is 1. The van der Waals surface area contributed by atoms with Crippen molar-refractivity contribution in [2.24, 2.45) is 17.6 Å². The maximum atomic E-state index is 5.65. The zero-order valence-electron chi connectivity index (χ0n) is 11.7. The van der Waals surface area contributed by atoms with Gasteiger partial charge in [-0.3, -0.25) is 4.90 Å². The zero-order chi connectivity index (χ0) is 12.3. The molecule has 2 fully saturated rings. The Morgan fingerprint density at radius 2 is 1.94 bits per heavy atom. The van der Waals surface area contributed by atoms with Gasteiger partial charge in [-0.1, -0.05) is 13.8 Å². The molecule has 4 unspecified atom stereocenters. The lowest BCUT2D eigenvalue weighted by atomic mass is 9.78. The van der Waals surface area contributed by atoms with Crippen LogP contribution in [0.25, 0.3) is 0 Å². The van der Waals surface area contributed by atoms with Crippen LogP contribution >= 0.6 is 0 Å². The van der Waals surface area contributed by atoms with Gasteiger partial charge in [0.05, 0.1) is 0 Å². The third-order valence-corrected chi connectivity index (χ3v) is 5.20. The standard InChI is InChI=1S/C15H30N2/c1-12-7-8-15(11-13(12)2)17-10-4-6-14(17)5-3-9-16/h12-15H,3-11,16H2,1-2H3. The quantitative estimate of drug-likeness (QED) is 0.816. The Hall–Kier alpha value is -0.0800. The summed E-state index contributed by atoms with van der Waals surface area (Å²) in [6.07, 6.45) is 9.67. The summed E-state index contributed by atoms with van der Waals surface area (Å²) in [5, 5.41) is 0. The molecule has 0 aromatic carbocycles. The lowest BCUT2D eigenvalue weighted by Gasteiger charge is -2.40. The van der Waals surface area contributed by atoms with Crippen molar-refractivity contribution in [1.82, 2.24) is 4.90 Å². The summed E-state index contributed by atoms with van der Waals surface area (Å²) in [5.41, 5.74) is 5.65. The molecular formula is C15H30N2. The smallest absolute Gasteiger partial charge is 0.0101 e. The van der Waals surface area contributed by atoms with Crippen molar-refractivity contribution in [3.63, 3.8) is 0 Å². The first-order valence-electron chi connectivity index (χ1n) is 7.68. The Morgan fingerprint density at radius 1 is 1.12 bits per heavy atom. The molecule has 100 valence electrons.